The van der Waals surface area contributed by atoms with E-state index >= 15 is 0 Å². The monoisotopic (exact) mass is 219 g/mol. The average Bonchev–Trinajstić information content (AvgIpc) is 2.63. The molecule has 0 bridgehead atoms. The first-order valence-electron chi connectivity index (χ1n) is 5.49. The van der Waals surface area contributed by atoms with Gasteiger partial charge >= 0.3 is 0 Å². The van der Waals surface area contributed by atoms with Crippen molar-refractivity contribution in [2.24, 2.45) is 0 Å². The minimum Gasteiger partial charge on any atom is -0.392 e. The Kier molecular flexibility index (Phi) is 3.22. The molecule has 0 spiro atoms. The van der Waals surface area contributed by atoms with E-state index in [1.165, 1.54) is 5.56 Å². The molecule has 1 atom stereocenters. The van der Waals surface area contributed by atoms with Crippen molar-refractivity contribution in [2.75, 3.05) is 6.54 Å². The summed E-state index contributed by atoms with van der Waals surface area (Å²) in [6, 6.07) is 4.07. The van der Waals surface area contributed by atoms with Crippen LogP contribution in [0.15, 0.2) is 24.5 Å². The Bertz CT molecular complexity index is 476. The number of aryl methyl sites for hydroxylation is 1. The molecule has 2 aromatic rings. The Hall–Kier alpha value is -1.39. The average molecular weight is 219 g/mol. The first-order chi connectivity index (χ1) is 7.68. The summed E-state index contributed by atoms with van der Waals surface area (Å²) in [7, 11) is 0. The lowest BCUT2D eigenvalue weighted by atomic mass is 10.3. The van der Waals surface area contributed by atoms with Gasteiger partial charge < -0.3 is 14.8 Å². The molecule has 2 N–H and O–H groups in total. The smallest absolute Gasteiger partial charge is 0.139 e. The molecule has 4 nitrogen and oxygen atoms in total. The number of aliphatic hydroxyl groups excluding tert-OH is 1. The van der Waals surface area contributed by atoms with Gasteiger partial charge in [-0.1, -0.05) is 6.07 Å². The summed E-state index contributed by atoms with van der Waals surface area (Å²) in [5.41, 5.74) is 3.28. The van der Waals surface area contributed by atoms with Crippen LogP contribution in [0.4, 0.5) is 0 Å². The highest BCUT2D eigenvalue weighted by Crippen LogP contribution is 2.10. The lowest BCUT2D eigenvalue weighted by Crippen LogP contribution is -2.24. The number of pyridine rings is 1. The van der Waals surface area contributed by atoms with Gasteiger partial charge in [0.1, 0.15) is 5.65 Å². The Labute approximate surface area is 94.9 Å². The molecule has 0 aliphatic carbocycles. The van der Waals surface area contributed by atoms with Gasteiger partial charge in [0.2, 0.25) is 0 Å². The largest absolute Gasteiger partial charge is 0.392 e. The number of rotatable bonds is 4. The lowest BCUT2D eigenvalue weighted by molar-refractivity contribution is 0.191. The molecule has 0 saturated heterocycles. The molecule has 0 amide bonds. The molecule has 16 heavy (non-hydrogen) atoms. The predicted molar refractivity (Wildman–Crippen MR) is 63.3 cm³/mol. The van der Waals surface area contributed by atoms with Crippen LogP contribution in [-0.2, 0) is 6.54 Å². The van der Waals surface area contributed by atoms with E-state index in [0.29, 0.717) is 6.54 Å². The Morgan fingerprint density at radius 2 is 2.38 bits per heavy atom. The van der Waals surface area contributed by atoms with Gasteiger partial charge in [-0.2, -0.15) is 0 Å². The Balaban J connectivity index is 2.16. The van der Waals surface area contributed by atoms with E-state index in [4.69, 9.17) is 5.11 Å². The third-order valence-electron chi connectivity index (χ3n) is 2.55. The van der Waals surface area contributed by atoms with E-state index in [0.717, 1.165) is 17.9 Å². The van der Waals surface area contributed by atoms with Crippen molar-refractivity contribution in [3.8, 4) is 0 Å². The zero-order valence-electron chi connectivity index (χ0n) is 9.64. The number of hydrogen-bond acceptors (Lipinski definition) is 3. The van der Waals surface area contributed by atoms with Crippen LogP contribution in [0.25, 0.3) is 5.65 Å². The number of hydrogen-bond donors (Lipinski definition) is 2. The Morgan fingerprint density at radius 1 is 1.56 bits per heavy atom. The number of aromatic nitrogens is 2. The van der Waals surface area contributed by atoms with Crippen LogP contribution in [0.1, 0.15) is 18.2 Å². The zero-order valence-corrected chi connectivity index (χ0v) is 9.64. The summed E-state index contributed by atoms with van der Waals surface area (Å²) in [5, 5.41) is 12.3. The van der Waals surface area contributed by atoms with E-state index in [2.05, 4.69) is 27.7 Å². The van der Waals surface area contributed by atoms with Gasteiger partial charge in [-0.05, 0) is 25.5 Å². The van der Waals surface area contributed by atoms with Gasteiger partial charge in [0.15, 0.2) is 0 Å². The van der Waals surface area contributed by atoms with Crippen LogP contribution in [-0.4, -0.2) is 27.1 Å². The summed E-state index contributed by atoms with van der Waals surface area (Å²) in [4.78, 5) is 4.38. The fourth-order valence-corrected chi connectivity index (χ4v) is 1.74. The molecule has 0 fully saturated rings. The van der Waals surface area contributed by atoms with Gasteiger partial charge in [0.05, 0.1) is 18.0 Å². The lowest BCUT2D eigenvalue weighted by Gasteiger charge is -2.06. The van der Waals surface area contributed by atoms with Gasteiger partial charge in [-0.3, -0.25) is 0 Å². The summed E-state index contributed by atoms with van der Waals surface area (Å²) >= 11 is 0. The molecular formula is C12H17N3O. The number of imidazole rings is 1. The molecule has 0 saturated carbocycles. The third-order valence-corrected chi connectivity index (χ3v) is 2.55. The van der Waals surface area contributed by atoms with Crippen molar-refractivity contribution in [1.29, 1.82) is 0 Å². The first-order valence-corrected chi connectivity index (χ1v) is 5.49. The van der Waals surface area contributed by atoms with Gasteiger partial charge in [-0.15, -0.1) is 0 Å². The third kappa shape index (κ3) is 2.23. The molecule has 2 aromatic heterocycles. The second-order valence-electron chi connectivity index (χ2n) is 4.11. The predicted octanol–water partition coefficient (Wildman–Crippen LogP) is 1.11. The van der Waals surface area contributed by atoms with E-state index in [1.54, 1.807) is 6.92 Å². The normalized spacial score (nSPS) is 13.2. The van der Waals surface area contributed by atoms with Crippen LogP contribution in [0.2, 0.25) is 0 Å². The van der Waals surface area contributed by atoms with Crippen molar-refractivity contribution in [3.63, 3.8) is 0 Å². The van der Waals surface area contributed by atoms with Crippen molar-refractivity contribution in [3.05, 3.63) is 35.8 Å². The Morgan fingerprint density at radius 3 is 3.12 bits per heavy atom. The fourth-order valence-electron chi connectivity index (χ4n) is 1.74. The molecular weight excluding hydrogens is 202 g/mol. The number of fused-ring (bicyclic) bond motifs is 1. The van der Waals surface area contributed by atoms with Crippen LogP contribution in [0.5, 0.6) is 0 Å². The van der Waals surface area contributed by atoms with E-state index in [9.17, 15) is 0 Å². The molecule has 0 aliphatic heterocycles. The van der Waals surface area contributed by atoms with Crippen LogP contribution >= 0.6 is 0 Å². The van der Waals surface area contributed by atoms with Crippen LogP contribution in [0, 0.1) is 6.92 Å². The standard InChI is InChI=1S/C12H17N3O/c1-9-4-3-5-15-11(8-14-12(9)15)7-13-6-10(2)16/h3-5,8,10,13,16H,6-7H2,1-2H3/t10-/m0/s1. The molecule has 4 heteroatoms. The minimum absolute atomic E-state index is 0.319. The summed E-state index contributed by atoms with van der Waals surface area (Å²) in [6.07, 6.45) is 3.56. The van der Waals surface area contributed by atoms with E-state index in [1.807, 2.05) is 18.5 Å². The number of aliphatic hydroxyl groups is 1. The number of nitrogens with one attached hydrogen (secondary N) is 1. The van der Waals surface area contributed by atoms with Crippen molar-refractivity contribution in [1.82, 2.24) is 14.7 Å². The number of nitrogens with zero attached hydrogens (tertiary/aromatic N) is 2. The molecule has 0 aromatic carbocycles. The SMILES string of the molecule is Cc1cccn2c(CNC[C@H](C)O)cnc12. The van der Waals surface area contributed by atoms with Crippen LogP contribution in [0.3, 0.4) is 0 Å². The summed E-state index contributed by atoms with van der Waals surface area (Å²) in [6.45, 7) is 5.13. The summed E-state index contributed by atoms with van der Waals surface area (Å²) < 4.78 is 2.07. The highest BCUT2D eigenvalue weighted by molar-refractivity contribution is 5.48. The summed E-state index contributed by atoms with van der Waals surface area (Å²) in [5.74, 6) is 0. The molecule has 0 aliphatic rings. The molecule has 0 radical (unpaired) electrons. The first kappa shape index (κ1) is 11.1. The second-order valence-corrected chi connectivity index (χ2v) is 4.11. The minimum atomic E-state index is -0.319. The molecule has 2 heterocycles. The second kappa shape index (κ2) is 4.63. The van der Waals surface area contributed by atoms with E-state index in [-0.39, 0.29) is 6.10 Å². The maximum absolute atomic E-state index is 9.15. The highest BCUT2D eigenvalue weighted by atomic mass is 16.3. The maximum Gasteiger partial charge on any atom is 0.139 e. The topological polar surface area (TPSA) is 49.6 Å². The zero-order chi connectivity index (χ0) is 11.5. The highest BCUT2D eigenvalue weighted by Gasteiger charge is 2.04. The van der Waals surface area contributed by atoms with Gasteiger partial charge in [-0.25, -0.2) is 4.98 Å². The fraction of sp³-hybridized carbons (Fsp3) is 0.417. The van der Waals surface area contributed by atoms with Gasteiger partial charge in [0, 0.05) is 19.3 Å². The van der Waals surface area contributed by atoms with Crippen molar-refractivity contribution < 1.29 is 5.11 Å². The van der Waals surface area contributed by atoms with Crippen molar-refractivity contribution >= 4 is 5.65 Å². The van der Waals surface area contributed by atoms with Crippen molar-refractivity contribution in [2.45, 2.75) is 26.5 Å². The van der Waals surface area contributed by atoms with Crippen LogP contribution < -0.4 is 5.32 Å². The molecule has 86 valence electrons. The maximum atomic E-state index is 9.15. The molecule has 0 unspecified atom stereocenters. The molecule has 2 rings (SSSR count). The van der Waals surface area contributed by atoms with E-state index < -0.39 is 0 Å². The quantitative estimate of drug-likeness (QED) is 0.810. The van der Waals surface area contributed by atoms with Gasteiger partial charge in [0.25, 0.3) is 0 Å².